The maximum atomic E-state index is 13.1. The van der Waals surface area contributed by atoms with E-state index in [4.69, 9.17) is 9.40 Å². The number of imidazole rings is 1. The number of hydrogen-bond acceptors (Lipinski definition) is 8. The Bertz CT molecular complexity index is 1350. The number of carbonyl (C=O) groups excluding carboxylic acids is 1. The van der Waals surface area contributed by atoms with E-state index in [1.54, 1.807) is 33.0 Å². The Hall–Kier alpha value is -3.05. The minimum absolute atomic E-state index is 0.265. The second-order valence-corrected chi connectivity index (χ2v) is 11.1. The Morgan fingerprint density at radius 3 is 2.64 bits per heavy atom. The van der Waals surface area contributed by atoms with Gasteiger partial charge in [0.05, 0.1) is 39.1 Å². The van der Waals surface area contributed by atoms with Crippen LogP contribution >= 0.6 is 11.3 Å². The number of anilines is 1. The highest BCUT2D eigenvalue weighted by Gasteiger charge is 2.22. The van der Waals surface area contributed by atoms with Crippen molar-refractivity contribution in [2.24, 2.45) is 0 Å². The van der Waals surface area contributed by atoms with E-state index in [0.717, 1.165) is 41.1 Å². The van der Waals surface area contributed by atoms with Crippen LogP contribution in [0.1, 0.15) is 35.0 Å². The van der Waals surface area contributed by atoms with E-state index in [1.807, 2.05) is 22.8 Å². The molecule has 0 saturated carbocycles. The van der Waals surface area contributed by atoms with Gasteiger partial charge in [-0.2, -0.15) is 0 Å². The molecule has 2 N–H and O–H groups in total. The highest BCUT2D eigenvalue weighted by molar-refractivity contribution is 7.17. The summed E-state index contributed by atoms with van der Waals surface area (Å²) in [4.78, 5) is 27.8. The third-order valence-corrected chi connectivity index (χ3v) is 6.76. The van der Waals surface area contributed by atoms with Crippen molar-refractivity contribution in [3.05, 3.63) is 52.9 Å². The smallest absolute Gasteiger partial charge is 0.268 e. The molecule has 4 rings (SSSR count). The predicted molar refractivity (Wildman–Crippen MR) is 143 cm³/mol. The van der Waals surface area contributed by atoms with Crippen LogP contribution < -0.4 is 5.32 Å². The number of oxazole rings is 1. The molecule has 0 radical (unpaired) electrons. The van der Waals surface area contributed by atoms with Crippen LogP contribution in [0.15, 0.2) is 40.9 Å². The summed E-state index contributed by atoms with van der Waals surface area (Å²) in [6, 6.07) is 9.74. The van der Waals surface area contributed by atoms with Gasteiger partial charge in [-0.05, 0) is 64.8 Å². The highest BCUT2D eigenvalue weighted by atomic mass is 32.1. The van der Waals surface area contributed by atoms with E-state index >= 15 is 0 Å². The van der Waals surface area contributed by atoms with Crippen LogP contribution in [0.3, 0.4) is 0 Å². The van der Waals surface area contributed by atoms with E-state index in [9.17, 15) is 9.90 Å². The minimum atomic E-state index is -0.988. The van der Waals surface area contributed by atoms with Gasteiger partial charge in [-0.15, -0.1) is 11.3 Å². The molecule has 4 aromatic rings. The number of aryl methyl sites for hydroxylation is 1. The number of carbonyl (C=O) groups is 1. The lowest BCUT2D eigenvalue weighted by atomic mass is 10.1. The molecule has 0 aliphatic rings. The maximum absolute atomic E-state index is 13.1. The van der Waals surface area contributed by atoms with Crippen molar-refractivity contribution in [3.63, 3.8) is 0 Å². The van der Waals surface area contributed by atoms with Crippen LogP contribution in [0.5, 0.6) is 0 Å². The third kappa shape index (κ3) is 6.38. The standard InChI is InChI=1S/C26H34N6O3S/c1-17-27-14-21(35-17)22-9-10-23(36-22)24(33)29-25-28-19-13-18(15-31(6)12-11-30(4)5)7-8-20(19)32(25)16-26(2,3)34/h7-10,13-14,34H,11-12,15-16H2,1-6H3,(H,28,29,33). The molecule has 0 spiro atoms. The van der Waals surface area contributed by atoms with Gasteiger partial charge in [-0.25, -0.2) is 9.97 Å². The molecule has 0 saturated heterocycles. The zero-order valence-corrected chi connectivity index (χ0v) is 22.5. The van der Waals surface area contributed by atoms with Crippen LogP contribution in [0, 0.1) is 6.92 Å². The number of fused-ring (bicyclic) bond motifs is 1. The summed E-state index contributed by atoms with van der Waals surface area (Å²) in [5, 5.41) is 13.5. The van der Waals surface area contributed by atoms with E-state index in [1.165, 1.54) is 11.3 Å². The lowest BCUT2D eigenvalue weighted by Crippen LogP contribution is -2.28. The maximum Gasteiger partial charge on any atom is 0.268 e. The van der Waals surface area contributed by atoms with Crippen molar-refractivity contribution in [1.82, 2.24) is 24.3 Å². The van der Waals surface area contributed by atoms with E-state index in [0.29, 0.717) is 22.5 Å². The average molecular weight is 511 g/mol. The van der Waals surface area contributed by atoms with Crippen molar-refractivity contribution in [1.29, 1.82) is 0 Å². The van der Waals surface area contributed by atoms with Gasteiger partial charge < -0.3 is 23.9 Å². The molecule has 0 aliphatic heterocycles. The molecule has 3 aromatic heterocycles. The molecular weight excluding hydrogens is 476 g/mol. The summed E-state index contributed by atoms with van der Waals surface area (Å²) in [5.74, 6) is 1.35. The zero-order chi connectivity index (χ0) is 26.0. The SMILES string of the molecule is Cc1ncc(-c2ccc(C(=O)Nc3nc4cc(CN(C)CCN(C)C)ccc4n3CC(C)(C)O)s2)o1. The lowest BCUT2D eigenvalue weighted by Gasteiger charge is -2.20. The highest BCUT2D eigenvalue weighted by Crippen LogP contribution is 2.30. The first kappa shape index (κ1) is 26.0. The van der Waals surface area contributed by atoms with E-state index < -0.39 is 5.60 Å². The fourth-order valence-corrected chi connectivity index (χ4v) is 4.76. The van der Waals surface area contributed by atoms with Crippen LogP contribution in [-0.4, -0.2) is 75.2 Å². The van der Waals surface area contributed by atoms with Crippen molar-refractivity contribution >= 4 is 34.2 Å². The lowest BCUT2D eigenvalue weighted by molar-refractivity contribution is 0.0630. The van der Waals surface area contributed by atoms with E-state index in [2.05, 4.69) is 47.3 Å². The Morgan fingerprint density at radius 1 is 1.19 bits per heavy atom. The zero-order valence-electron chi connectivity index (χ0n) is 21.7. The van der Waals surface area contributed by atoms with Crippen molar-refractivity contribution in [2.45, 2.75) is 39.5 Å². The first-order valence-corrected chi connectivity index (χ1v) is 12.7. The minimum Gasteiger partial charge on any atom is -0.440 e. The van der Waals surface area contributed by atoms with Crippen LogP contribution in [0.2, 0.25) is 0 Å². The number of benzene rings is 1. The van der Waals surface area contributed by atoms with Crippen molar-refractivity contribution < 1.29 is 14.3 Å². The second-order valence-electron chi connectivity index (χ2n) is 10.1. The number of amides is 1. The van der Waals surface area contributed by atoms with Gasteiger partial charge in [0, 0.05) is 26.6 Å². The molecule has 1 amide bonds. The summed E-state index contributed by atoms with van der Waals surface area (Å²) < 4.78 is 7.44. The molecule has 36 heavy (non-hydrogen) atoms. The number of hydrogen-bond donors (Lipinski definition) is 2. The number of nitrogens with one attached hydrogen (secondary N) is 1. The molecule has 3 heterocycles. The second kappa shape index (κ2) is 10.5. The number of thiophene rings is 1. The molecule has 192 valence electrons. The largest absolute Gasteiger partial charge is 0.440 e. The molecule has 9 nitrogen and oxygen atoms in total. The van der Waals surface area contributed by atoms with Gasteiger partial charge in [-0.1, -0.05) is 6.07 Å². The normalized spacial score (nSPS) is 12.2. The first-order chi connectivity index (χ1) is 17.0. The van der Waals surface area contributed by atoms with Gasteiger partial charge in [0.15, 0.2) is 11.7 Å². The Kier molecular flexibility index (Phi) is 7.60. The fourth-order valence-electron chi connectivity index (χ4n) is 3.91. The van der Waals surface area contributed by atoms with Gasteiger partial charge >= 0.3 is 0 Å². The van der Waals surface area contributed by atoms with Gasteiger partial charge in [0.1, 0.15) is 0 Å². The molecule has 1 aromatic carbocycles. The number of aliphatic hydroxyl groups is 1. The molecule has 0 unspecified atom stereocenters. The predicted octanol–water partition coefficient (Wildman–Crippen LogP) is 4.08. The molecule has 0 aliphatic carbocycles. The fraction of sp³-hybridized carbons (Fsp3) is 0.423. The van der Waals surface area contributed by atoms with Gasteiger partial charge in [-0.3, -0.25) is 10.1 Å². The van der Waals surface area contributed by atoms with E-state index in [-0.39, 0.29) is 12.5 Å². The third-order valence-electron chi connectivity index (χ3n) is 5.66. The number of aromatic nitrogens is 3. The summed E-state index contributed by atoms with van der Waals surface area (Å²) in [6.45, 7) is 8.28. The summed E-state index contributed by atoms with van der Waals surface area (Å²) in [7, 11) is 6.23. The number of nitrogens with zero attached hydrogens (tertiary/aromatic N) is 5. The summed E-state index contributed by atoms with van der Waals surface area (Å²) in [6.07, 6.45) is 1.65. The van der Waals surface area contributed by atoms with Crippen LogP contribution in [-0.2, 0) is 13.1 Å². The topological polar surface area (TPSA) is 99.7 Å². The van der Waals surface area contributed by atoms with Gasteiger partial charge in [0.2, 0.25) is 5.95 Å². The Labute approximate surface area is 215 Å². The number of rotatable bonds is 10. The quantitative estimate of drug-likeness (QED) is 0.332. The first-order valence-electron chi connectivity index (χ1n) is 11.9. The monoisotopic (exact) mass is 510 g/mol. The van der Waals surface area contributed by atoms with Gasteiger partial charge in [0.25, 0.3) is 5.91 Å². The number of likely N-dealkylation sites (N-methyl/N-ethyl adjacent to an activating group) is 2. The molecular formula is C26H34N6O3S. The summed E-state index contributed by atoms with van der Waals surface area (Å²) >= 11 is 1.33. The Balaban J connectivity index is 1.59. The van der Waals surface area contributed by atoms with Crippen molar-refractivity contribution in [3.8, 4) is 10.6 Å². The summed E-state index contributed by atoms with van der Waals surface area (Å²) in [5.41, 5.74) is 1.78. The molecule has 0 atom stereocenters. The average Bonchev–Trinajstić information content (AvgIpc) is 3.51. The van der Waals surface area contributed by atoms with Crippen molar-refractivity contribution in [2.75, 3.05) is 39.5 Å². The molecule has 10 heteroatoms. The molecule has 0 bridgehead atoms. The van der Waals surface area contributed by atoms with Crippen LogP contribution in [0.25, 0.3) is 21.7 Å². The molecule has 0 fully saturated rings. The van der Waals surface area contributed by atoms with Crippen LogP contribution in [0.4, 0.5) is 5.95 Å². The Morgan fingerprint density at radius 2 is 1.97 bits per heavy atom.